The van der Waals surface area contributed by atoms with Gasteiger partial charge in [-0.1, -0.05) is 45.7 Å². The first-order valence-corrected chi connectivity index (χ1v) is 10.9. The molecule has 3 aromatic rings. The first-order valence-electron chi connectivity index (χ1n) is 9.72. The van der Waals surface area contributed by atoms with E-state index in [1.54, 1.807) is 6.20 Å². The topological polar surface area (TPSA) is 52.6 Å². The Bertz CT molecular complexity index is 941. The van der Waals surface area contributed by atoms with Crippen molar-refractivity contribution in [1.82, 2.24) is 10.3 Å². The predicted octanol–water partition coefficient (Wildman–Crippen LogP) is 5.64. The van der Waals surface area contributed by atoms with Crippen molar-refractivity contribution in [2.24, 2.45) is 0 Å². The Morgan fingerprint density at radius 2 is 1.87 bits per heavy atom. The Morgan fingerprint density at radius 3 is 2.63 bits per heavy atom. The highest BCUT2D eigenvalue weighted by Crippen LogP contribution is 2.34. The smallest absolute Gasteiger partial charge is 0.213 e. The van der Waals surface area contributed by atoms with Crippen LogP contribution in [0.3, 0.4) is 0 Å². The number of rotatable bonds is 11. The van der Waals surface area contributed by atoms with E-state index in [1.807, 2.05) is 61.5 Å². The fraction of sp³-hybridized carbons (Fsp3) is 0.261. The minimum Gasteiger partial charge on any atom is -0.490 e. The SMILES string of the molecule is CCOc1cc(CNCCOc2ccccn2)c(Br)cc1OCc1cccc(Cl)c1. The molecule has 0 aliphatic carbocycles. The zero-order valence-corrected chi connectivity index (χ0v) is 19.1. The summed E-state index contributed by atoms with van der Waals surface area (Å²) < 4.78 is 18.3. The van der Waals surface area contributed by atoms with Gasteiger partial charge in [0.1, 0.15) is 13.2 Å². The van der Waals surface area contributed by atoms with Crippen molar-refractivity contribution >= 4 is 27.5 Å². The van der Waals surface area contributed by atoms with Crippen LogP contribution in [0.15, 0.2) is 65.3 Å². The van der Waals surface area contributed by atoms with Crippen molar-refractivity contribution in [2.45, 2.75) is 20.1 Å². The van der Waals surface area contributed by atoms with Crippen LogP contribution < -0.4 is 19.5 Å². The third kappa shape index (κ3) is 6.90. The summed E-state index contributed by atoms with van der Waals surface area (Å²) in [5.41, 5.74) is 2.08. The molecule has 30 heavy (non-hydrogen) atoms. The lowest BCUT2D eigenvalue weighted by molar-refractivity contribution is 0.268. The van der Waals surface area contributed by atoms with E-state index in [2.05, 4.69) is 26.2 Å². The van der Waals surface area contributed by atoms with Gasteiger partial charge in [0.25, 0.3) is 0 Å². The standard InChI is InChI=1S/C23H24BrClN2O3/c1-2-28-21-13-18(15-26-10-11-29-23-8-3-4-9-27-23)20(24)14-22(21)30-16-17-6-5-7-19(25)12-17/h3-9,12-14,26H,2,10-11,15-16H2,1H3. The summed E-state index contributed by atoms with van der Waals surface area (Å²) in [5, 5.41) is 4.06. The molecule has 0 amide bonds. The van der Waals surface area contributed by atoms with Gasteiger partial charge in [0.2, 0.25) is 5.88 Å². The average Bonchev–Trinajstić information content (AvgIpc) is 2.75. The molecular weight excluding hydrogens is 468 g/mol. The molecule has 0 unspecified atom stereocenters. The van der Waals surface area contributed by atoms with Crippen molar-refractivity contribution in [3.05, 3.63) is 81.4 Å². The molecule has 0 atom stereocenters. The molecule has 158 valence electrons. The first kappa shape index (κ1) is 22.4. The summed E-state index contributed by atoms with van der Waals surface area (Å²) >= 11 is 9.69. The second-order valence-electron chi connectivity index (χ2n) is 6.44. The molecule has 0 saturated carbocycles. The summed E-state index contributed by atoms with van der Waals surface area (Å²) in [5.74, 6) is 2.02. The molecule has 2 aromatic carbocycles. The summed E-state index contributed by atoms with van der Waals surface area (Å²) in [4.78, 5) is 4.14. The maximum atomic E-state index is 6.05. The molecule has 1 heterocycles. The van der Waals surface area contributed by atoms with E-state index in [9.17, 15) is 0 Å². The number of hydrogen-bond acceptors (Lipinski definition) is 5. The zero-order chi connectivity index (χ0) is 21.2. The van der Waals surface area contributed by atoms with Crippen LogP contribution in [0.4, 0.5) is 0 Å². The van der Waals surface area contributed by atoms with E-state index in [0.717, 1.165) is 15.6 Å². The second kappa shape index (κ2) is 11.8. The molecule has 0 aliphatic rings. The van der Waals surface area contributed by atoms with E-state index in [1.165, 1.54) is 0 Å². The molecule has 1 N–H and O–H groups in total. The molecule has 0 saturated heterocycles. The number of ether oxygens (including phenoxy) is 3. The highest BCUT2D eigenvalue weighted by atomic mass is 79.9. The van der Waals surface area contributed by atoms with Crippen LogP contribution in [0, 0.1) is 0 Å². The largest absolute Gasteiger partial charge is 0.490 e. The highest BCUT2D eigenvalue weighted by molar-refractivity contribution is 9.10. The third-order valence-electron chi connectivity index (χ3n) is 4.18. The molecule has 0 bridgehead atoms. The van der Waals surface area contributed by atoms with Gasteiger partial charge in [-0.3, -0.25) is 0 Å². The van der Waals surface area contributed by atoms with E-state index in [-0.39, 0.29) is 0 Å². The van der Waals surface area contributed by atoms with Gasteiger partial charge in [-0.2, -0.15) is 0 Å². The van der Waals surface area contributed by atoms with Gasteiger partial charge in [-0.25, -0.2) is 4.98 Å². The summed E-state index contributed by atoms with van der Waals surface area (Å²) in [6.45, 7) is 4.82. The quantitative estimate of drug-likeness (QED) is 0.352. The van der Waals surface area contributed by atoms with E-state index >= 15 is 0 Å². The minimum atomic E-state index is 0.412. The van der Waals surface area contributed by atoms with E-state index < -0.39 is 0 Å². The lowest BCUT2D eigenvalue weighted by atomic mass is 10.2. The molecule has 3 rings (SSSR count). The number of pyridine rings is 1. The van der Waals surface area contributed by atoms with Gasteiger partial charge in [0.15, 0.2) is 11.5 Å². The van der Waals surface area contributed by atoms with Crippen LogP contribution in [-0.2, 0) is 13.2 Å². The molecular formula is C23H24BrClN2O3. The maximum Gasteiger partial charge on any atom is 0.213 e. The van der Waals surface area contributed by atoms with Gasteiger partial charge in [0, 0.05) is 34.8 Å². The van der Waals surface area contributed by atoms with Gasteiger partial charge >= 0.3 is 0 Å². The molecule has 0 aliphatic heterocycles. The fourth-order valence-electron chi connectivity index (χ4n) is 2.76. The van der Waals surface area contributed by atoms with Gasteiger partial charge < -0.3 is 19.5 Å². The highest BCUT2D eigenvalue weighted by Gasteiger charge is 2.11. The van der Waals surface area contributed by atoms with Crippen molar-refractivity contribution < 1.29 is 14.2 Å². The Morgan fingerprint density at radius 1 is 1.00 bits per heavy atom. The van der Waals surface area contributed by atoms with Crippen molar-refractivity contribution in [3.63, 3.8) is 0 Å². The van der Waals surface area contributed by atoms with E-state index in [0.29, 0.717) is 55.3 Å². The van der Waals surface area contributed by atoms with Crippen LogP contribution in [0.5, 0.6) is 17.4 Å². The number of hydrogen-bond donors (Lipinski definition) is 1. The Kier molecular flexibility index (Phi) is 8.81. The Balaban J connectivity index is 1.56. The lowest BCUT2D eigenvalue weighted by Gasteiger charge is -2.16. The Labute approximate surface area is 190 Å². The van der Waals surface area contributed by atoms with E-state index in [4.69, 9.17) is 25.8 Å². The number of halogens is 2. The van der Waals surface area contributed by atoms with Crippen LogP contribution in [0.25, 0.3) is 0 Å². The molecule has 7 heteroatoms. The van der Waals surface area contributed by atoms with Crippen LogP contribution in [-0.4, -0.2) is 24.7 Å². The molecule has 0 spiro atoms. The average molecular weight is 492 g/mol. The maximum absolute atomic E-state index is 6.05. The first-order chi connectivity index (χ1) is 14.7. The van der Waals surface area contributed by atoms with Gasteiger partial charge in [-0.15, -0.1) is 0 Å². The Hall–Kier alpha value is -2.28. The third-order valence-corrected chi connectivity index (χ3v) is 5.15. The number of nitrogens with one attached hydrogen (secondary N) is 1. The second-order valence-corrected chi connectivity index (χ2v) is 7.73. The molecule has 0 fully saturated rings. The number of benzene rings is 2. The number of aromatic nitrogens is 1. The van der Waals surface area contributed by atoms with Gasteiger partial charge in [-0.05, 0) is 48.4 Å². The van der Waals surface area contributed by atoms with Crippen molar-refractivity contribution in [1.29, 1.82) is 0 Å². The molecule has 0 radical (unpaired) electrons. The summed E-state index contributed by atoms with van der Waals surface area (Å²) in [6, 6.07) is 17.2. The number of nitrogens with zero attached hydrogens (tertiary/aromatic N) is 1. The minimum absolute atomic E-state index is 0.412. The summed E-state index contributed by atoms with van der Waals surface area (Å²) in [7, 11) is 0. The monoisotopic (exact) mass is 490 g/mol. The lowest BCUT2D eigenvalue weighted by Crippen LogP contribution is -2.21. The van der Waals surface area contributed by atoms with Crippen LogP contribution in [0.1, 0.15) is 18.1 Å². The van der Waals surface area contributed by atoms with Crippen molar-refractivity contribution in [3.8, 4) is 17.4 Å². The van der Waals surface area contributed by atoms with Crippen LogP contribution in [0.2, 0.25) is 5.02 Å². The fourth-order valence-corrected chi connectivity index (χ4v) is 3.44. The normalized spacial score (nSPS) is 10.6. The predicted molar refractivity (Wildman–Crippen MR) is 123 cm³/mol. The molecule has 1 aromatic heterocycles. The summed E-state index contributed by atoms with van der Waals surface area (Å²) in [6.07, 6.45) is 1.71. The zero-order valence-electron chi connectivity index (χ0n) is 16.7. The molecule has 5 nitrogen and oxygen atoms in total. The van der Waals surface area contributed by atoms with Crippen molar-refractivity contribution in [2.75, 3.05) is 19.8 Å². The van der Waals surface area contributed by atoms with Gasteiger partial charge in [0.05, 0.1) is 6.61 Å². The van der Waals surface area contributed by atoms with Crippen LogP contribution >= 0.6 is 27.5 Å².